The van der Waals surface area contributed by atoms with Crippen LogP contribution in [0.5, 0.6) is 0 Å². The predicted molar refractivity (Wildman–Crippen MR) is 100 cm³/mol. The Kier molecular flexibility index (Phi) is 4.24. The minimum atomic E-state index is 0.0179. The highest BCUT2D eigenvalue weighted by Crippen LogP contribution is 2.27. The first-order valence-electron chi connectivity index (χ1n) is 8.92. The van der Waals surface area contributed by atoms with E-state index in [4.69, 9.17) is 5.73 Å². The van der Waals surface area contributed by atoms with E-state index in [0.717, 1.165) is 35.2 Å². The minimum Gasteiger partial charge on any atom is -0.397 e. The molecule has 2 aromatic rings. The molecule has 2 aliphatic rings. The van der Waals surface area contributed by atoms with Crippen LogP contribution in [0.1, 0.15) is 22.3 Å². The van der Waals surface area contributed by atoms with Gasteiger partial charge in [-0.15, -0.1) is 0 Å². The summed E-state index contributed by atoms with van der Waals surface area (Å²) in [5.74, 6) is 0.0467. The topological polar surface area (TPSA) is 87.5 Å². The lowest BCUT2D eigenvalue weighted by Gasteiger charge is -2.24. The summed E-state index contributed by atoms with van der Waals surface area (Å²) in [4.78, 5) is 24.4. The van der Waals surface area contributed by atoms with Gasteiger partial charge in [0, 0.05) is 13.1 Å². The highest BCUT2D eigenvalue weighted by atomic mass is 16.2. The minimum absolute atomic E-state index is 0.0179. The van der Waals surface area contributed by atoms with Crippen molar-refractivity contribution >= 4 is 23.2 Å². The van der Waals surface area contributed by atoms with Crippen LogP contribution in [0.15, 0.2) is 36.4 Å². The van der Waals surface area contributed by atoms with Crippen molar-refractivity contribution < 1.29 is 9.59 Å². The summed E-state index contributed by atoms with van der Waals surface area (Å²) < 4.78 is 0. The smallest absolute Gasteiger partial charge is 0.245 e. The summed E-state index contributed by atoms with van der Waals surface area (Å²) in [6, 6.07) is 11.9. The van der Waals surface area contributed by atoms with Crippen LogP contribution in [0.4, 0.5) is 11.4 Å². The zero-order valence-corrected chi connectivity index (χ0v) is 14.5. The lowest BCUT2D eigenvalue weighted by atomic mass is 10.0. The molecule has 0 bridgehead atoms. The fourth-order valence-electron chi connectivity index (χ4n) is 3.63. The fourth-order valence-corrected chi connectivity index (χ4v) is 3.63. The normalized spacial score (nSPS) is 16.8. The Morgan fingerprint density at radius 3 is 2.62 bits per heavy atom. The Hall–Kier alpha value is -3.02. The van der Waals surface area contributed by atoms with E-state index in [2.05, 4.69) is 16.8 Å². The first-order valence-corrected chi connectivity index (χ1v) is 8.92. The maximum Gasteiger partial charge on any atom is 0.245 e. The molecule has 6 nitrogen and oxygen atoms in total. The van der Waals surface area contributed by atoms with Crippen LogP contribution in [0, 0.1) is 0 Å². The van der Waals surface area contributed by atoms with E-state index in [0.29, 0.717) is 31.6 Å². The lowest BCUT2D eigenvalue weighted by Crippen LogP contribution is -2.37. The molecular formula is C20H22N4O2. The molecule has 2 amide bonds. The number of amides is 2. The van der Waals surface area contributed by atoms with Crippen molar-refractivity contribution in [3.05, 3.63) is 58.7 Å². The molecule has 134 valence electrons. The number of nitrogen functional groups attached to an aromatic ring is 1. The Balaban J connectivity index is 1.57. The van der Waals surface area contributed by atoms with Crippen LogP contribution in [-0.2, 0) is 35.3 Å². The number of rotatable bonds is 2. The molecular weight excluding hydrogens is 328 g/mol. The molecule has 0 radical (unpaired) electrons. The van der Waals surface area contributed by atoms with Gasteiger partial charge in [0.2, 0.25) is 11.8 Å². The molecule has 0 unspecified atom stereocenters. The number of hydrogen-bond donors (Lipinski definition) is 3. The third-order valence-electron chi connectivity index (χ3n) is 5.06. The molecule has 0 aromatic heterocycles. The van der Waals surface area contributed by atoms with Crippen molar-refractivity contribution in [3.63, 3.8) is 0 Å². The molecule has 0 aliphatic carbocycles. The van der Waals surface area contributed by atoms with Gasteiger partial charge in [0.15, 0.2) is 0 Å². The zero-order valence-electron chi connectivity index (χ0n) is 14.5. The average molecular weight is 350 g/mol. The van der Waals surface area contributed by atoms with Crippen molar-refractivity contribution in [1.29, 1.82) is 0 Å². The summed E-state index contributed by atoms with van der Waals surface area (Å²) in [6.07, 6.45) is 2.29. The third kappa shape index (κ3) is 3.22. The zero-order chi connectivity index (χ0) is 18.1. The fraction of sp³-hybridized carbons (Fsp3) is 0.300. The Bertz CT molecular complexity index is 878. The number of fused-ring (bicyclic) bond motifs is 2. The quantitative estimate of drug-likeness (QED) is 0.715. The van der Waals surface area contributed by atoms with Crippen LogP contribution >= 0.6 is 0 Å². The molecule has 6 heteroatoms. The second-order valence-electron chi connectivity index (χ2n) is 6.84. The highest BCUT2D eigenvalue weighted by Gasteiger charge is 2.22. The van der Waals surface area contributed by atoms with Crippen LogP contribution in [0.25, 0.3) is 0 Å². The first-order chi connectivity index (χ1) is 12.6. The Morgan fingerprint density at radius 1 is 0.962 bits per heavy atom. The number of benzene rings is 2. The number of anilines is 2. The Morgan fingerprint density at radius 2 is 1.77 bits per heavy atom. The molecule has 0 spiro atoms. The van der Waals surface area contributed by atoms with Crippen molar-refractivity contribution in [2.24, 2.45) is 0 Å². The second kappa shape index (κ2) is 6.71. The van der Waals surface area contributed by atoms with Crippen molar-refractivity contribution in [2.75, 3.05) is 24.2 Å². The lowest BCUT2D eigenvalue weighted by molar-refractivity contribution is -0.128. The summed E-state index contributed by atoms with van der Waals surface area (Å²) in [5, 5.41) is 4.52. The maximum absolute atomic E-state index is 12.6. The molecule has 26 heavy (non-hydrogen) atoms. The van der Waals surface area contributed by atoms with Gasteiger partial charge in [0.25, 0.3) is 0 Å². The highest BCUT2D eigenvalue weighted by molar-refractivity contribution is 5.84. The maximum atomic E-state index is 12.6. The predicted octanol–water partition coefficient (Wildman–Crippen LogP) is 1.44. The van der Waals surface area contributed by atoms with Crippen LogP contribution in [0.3, 0.4) is 0 Å². The largest absolute Gasteiger partial charge is 0.397 e. The van der Waals surface area contributed by atoms with E-state index >= 15 is 0 Å². The van der Waals surface area contributed by atoms with E-state index < -0.39 is 0 Å². The third-order valence-corrected chi connectivity index (χ3v) is 5.06. The van der Waals surface area contributed by atoms with E-state index in [1.165, 1.54) is 5.56 Å². The van der Waals surface area contributed by atoms with E-state index in [1.807, 2.05) is 30.3 Å². The number of nitrogens with zero attached hydrogens (tertiary/aromatic N) is 1. The van der Waals surface area contributed by atoms with E-state index in [1.54, 1.807) is 5.01 Å². The Labute approximate surface area is 152 Å². The number of nitrogens with one attached hydrogen (secondary N) is 2. The molecule has 2 heterocycles. The van der Waals surface area contributed by atoms with Crippen LogP contribution in [-0.4, -0.2) is 29.9 Å². The van der Waals surface area contributed by atoms with Gasteiger partial charge in [-0.2, -0.15) is 0 Å². The molecule has 0 fully saturated rings. The summed E-state index contributed by atoms with van der Waals surface area (Å²) >= 11 is 0. The molecule has 2 aliphatic heterocycles. The van der Waals surface area contributed by atoms with Gasteiger partial charge >= 0.3 is 0 Å². The monoisotopic (exact) mass is 350 g/mol. The van der Waals surface area contributed by atoms with Crippen molar-refractivity contribution in [2.45, 2.75) is 25.7 Å². The standard InChI is InChI=1S/C20H22N4O2/c21-17-9-16-11-19(25)22-7-5-15(16)10-18(17)23-24-8-6-13-3-1-2-4-14(13)12-20(24)26/h1-4,9-10,23H,5-8,11-12,21H2,(H,22,25). The van der Waals surface area contributed by atoms with Crippen LogP contribution < -0.4 is 16.5 Å². The van der Waals surface area contributed by atoms with E-state index in [9.17, 15) is 9.59 Å². The summed E-state index contributed by atoms with van der Waals surface area (Å²) in [5.41, 5.74) is 15.0. The average Bonchev–Trinajstić information content (AvgIpc) is 2.89. The molecule has 0 atom stereocenters. The molecule has 0 saturated heterocycles. The first kappa shape index (κ1) is 16.4. The molecule has 4 N–H and O–H groups in total. The van der Waals surface area contributed by atoms with Crippen molar-refractivity contribution in [3.8, 4) is 0 Å². The number of nitrogens with two attached hydrogens (primary N) is 1. The second-order valence-corrected chi connectivity index (χ2v) is 6.84. The van der Waals surface area contributed by atoms with Gasteiger partial charge in [-0.05, 0) is 47.2 Å². The van der Waals surface area contributed by atoms with Crippen molar-refractivity contribution in [1.82, 2.24) is 10.3 Å². The number of carbonyl (C=O) groups excluding carboxylic acids is 2. The number of carbonyl (C=O) groups is 2. The summed E-state index contributed by atoms with van der Waals surface area (Å²) in [7, 11) is 0. The number of hydrazine groups is 1. The van der Waals surface area contributed by atoms with Gasteiger partial charge in [-0.1, -0.05) is 24.3 Å². The van der Waals surface area contributed by atoms with Gasteiger partial charge in [-0.25, -0.2) is 0 Å². The summed E-state index contributed by atoms with van der Waals surface area (Å²) in [6.45, 7) is 1.21. The van der Waals surface area contributed by atoms with Gasteiger partial charge < -0.3 is 11.1 Å². The molecule has 2 aromatic carbocycles. The van der Waals surface area contributed by atoms with E-state index in [-0.39, 0.29) is 11.8 Å². The SMILES string of the molecule is Nc1cc2c(cc1NN1CCc3ccccc3CC1=O)CCNC(=O)C2. The number of hydrogen-bond acceptors (Lipinski definition) is 4. The molecule has 4 rings (SSSR count). The van der Waals surface area contributed by atoms with Gasteiger partial charge in [-0.3, -0.25) is 20.0 Å². The van der Waals surface area contributed by atoms with Crippen LogP contribution in [0.2, 0.25) is 0 Å². The van der Waals surface area contributed by atoms with Gasteiger partial charge in [0.05, 0.1) is 24.2 Å². The van der Waals surface area contributed by atoms with Gasteiger partial charge in [0.1, 0.15) is 0 Å². The molecule has 0 saturated carbocycles.